The van der Waals surface area contributed by atoms with Gasteiger partial charge in [0.05, 0.1) is 44.1 Å². The average molecular weight is 1460 g/mol. The quantitative estimate of drug-likeness (QED) is 0.121. The lowest BCUT2D eigenvalue weighted by Crippen LogP contribution is -2.77. The Morgan fingerprint density at radius 3 is 0.768 bits per heavy atom. The highest BCUT2D eigenvalue weighted by Crippen LogP contribution is 2.45. The van der Waals surface area contributed by atoms with Crippen molar-refractivity contribution in [2.75, 3.05) is 9.80 Å². The van der Waals surface area contributed by atoms with Gasteiger partial charge >= 0.3 is 0 Å². The standard InChI is InChI=1S/C104H72N6Si2/c1-70-52-54-72(55-53-70)106-99-62-58-75(109-93-48-23-15-40-85(93)86-41-16-24-49-94(86)109)67-103(99)112(79-33-9-4-10-34-79,104-68-76(59-63-100(104)106)110-95-50-25-17-42-87(95)88-43-18-26-51-96(88)110)80-35-27-28-71(64-80)69-105-97-60-56-73(107-89-44-19-11-36-81(89)82-37-12-20-45-90(82)107)65-101(97)111(77-29-5-2-6-30-77,78-31-7-3-8-32-78)102-66-74(57-61-98(102)105)108-91-46-21-13-38-83(91)84-39-14-22-47-92(84)108/h2-68H,69H2,1H3. The zero-order chi connectivity index (χ0) is 73.8. The highest BCUT2D eigenvalue weighted by molar-refractivity contribution is 7.22. The van der Waals surface area contributed by atoms with E-state index in [2.05, 4.69) is 441 Å². The van der Waals surface area contributed by atoms with E-state index < -0.39 is 16.1 Å². The van der Waals surface area contributed by atoms with Crippen LogP contribution in [0.5, 0.6) is 0 Å². The summed E-state index contributed by atoms with van der Waals surface area (Å²) in [6.07, 6.45) is 0. The highest BCUT2D eigenvalue weighted by Gasteiger charge is 2.52. The Morgan fingerprint density at radius 2 is 0.455 bits per heavy atom. The van der Waals surface area contributed by atoms with Crippen molar-refractivity contribution in [1.82, 2.24) is 18.3 Å². The predicted octanol–water partition coefficient (Wildman–Crippen LogP) is 20.6. The summed E-state index contributed by atoms with van der Waals surface area (Å²) >= 11 is 0. The van der Waals surface area contributed by atoms with Crippen molar-refractivity contribution in [2.24, 2.45) is 0 Å². The molecule has 6 heterocycles. The number of aryl methyl sites for hydroxylation is 1. The summed E-state index contributed by atoms with van der Waals surface area (Å²) < 4.78 is 10.1. The zero-order valence-corrected chi connectivity index (χ0v) is 63.6. The molecule has 0 spiro atoms. The first-order valence-corrected chi connectivity index (χ1v) is 42.9. The summed E-state index contributed by atoms with van der Waals surface area (Å²) in [5.41, 5.74) is 22.2. The maximum atomic E-state index is 2.70. The van der Waals surface area contributed by atoms with Crippen LogP contribution in [-0.4, -0.2) is 34.4 Å². The van der Waals surface area contributed by atoms with Gasteiger partial charge in [-0.2, -0.15) is 0 Å². The third kappa shape index (κ3) is 9.25. The number of aromatic nitrogens is 4. The Hall–Kier alpha value is -14.0. The van der Waals surface area contributed by atoms with Gasteiger partial charge in [-0.05, 0) is 187 Å². The second-order valence-electron chi connectivity index (χ2n) is 30.3. The number of para-hydroxylation sites is 8. The third-order valence-electron chi connectivity index (χ3n) is 24.6. The number of hydrogen-bond acceptors (Lipinski definition) is 2. The third-order valence-corrected chi connectivity index (χ3v) is 34.2. The number of anilines is 5. The Kier molecular flexibility index (Phi) is 14.3. The lowest BCUT2D eigenvalue weighted by Gasteiger charge is -2.46. The predicted molar refractivity (Wildman–Crippen MR) is 476 cm³/mol. The molecule has 0 fully saturated rings. The highest BCUT2D eigenvalue weighted by atomic mass is 28.3. The topological polar surface area (TPSA) is 26.2 Å². The van der Waals surface area contributed by atoms with Gasteiger partial charge in [0.15, 0.2) is 16.1 Å². The Bertz CT molecular complexity index is 6810. The summed E-state index contributed by atoms with van der Waals surface area (Å²) in [6.45, 7) is 2.77. The Morgan fingerprint density at radius 1 is 0.205 bits per heavy atom. The van der Waals surface area contributed by atoms with Crippen molar-refractivity contribution in [3.63, 3.8) is 0 Å². The van der Waals surface area contributed by atoms with Gasteiger partial charge in [-0.3, -0.25) is 0 Å². The molecule has 0 radical (unpaired) electrons. The SMILES string of the molecule is Cc1ccc(N2c3ccc(-n4c5ccccc5c5ccccc54)cc3[Si](c3ccccc3)(c3cccc(CN4c5ccc(-n6c7ccccc7c7ccccc76)cc5[Si](c5ccccc5)(c5ccccc5)c5cc(-n6c7ccccc7c7ccccc76)ccc54)c3)c3cc(-n4c5ccccc5c5ccccc54)ccc32)cc1. The lowest BCUT2D eigenvalue weighted by atomic mass is 10.1. The molecule has 6 nitrogen and oxygen atoms in total. The van der Waals surface area contributed by atoms with Crippen LogP contribution in [0.1, 0.15) is 11.1 Å². The largest absolute Gasteiger partial charge is 0.337 e. The molecule has 8 heteroatoms. The van der Waals surface area contributed by atoms with Gasteiger partial charge in [-0.15, -0.1) is 0 Å². The van der Waals surface area contributed by atoms with Gasteiger partial charge in [0.1, 0.15) is 0 Å². The minimum Gasteiger partial charge on any atom is -0.337 e. The first-order chi connectivity index (χ1) is 55.5. The van der Waals surface area contributed by atoms with Gasteiger partial charge in [0.25, 0.3) is 0 Å². The number of hydrogen-bond donors (Lipinski definition) is 0. The van der Waals surface area contributed by atoms with E-state index >= 15 is 0 Å². The molecule has 17 aromatic carbocycles. The van der Waals surface area contributed by atoms with E-state index in [0.29, 0.717) is 6.54 Å². The van der Waals surface area contributed by atoms with Gasteiger partial charge in [-0.1, -0.05) is 279 Å². The molecule has 4 aromatic heterocycles. The van der Waals surface area contributed by atoms with E-state index in [1.165, 1.54) is 163 Å². The second kappa shape index (κ2) is 25.0. The van der Waals surface area contributed by atoms with Crippen molar-refractivity contribution in [2.45, 2.75) is 13.5 Å². The molecule has 2 aliphatic heterocycles. The van der Waals surface area contributed by atoms with E-state index in [1.54, 1.807) is 0 Å². The molecule has 0 atom stereocenters. The van der Waals surface area contributed by atoms with E-state index in [1.807, 2.05) is 0 Å². The number of benzene rings is 17. The first kappa shape index (κ1) is 64.0. The van der Waals surface area contributed by atoms with Gasteiger partial charge in [-0.25, -0.2) is 0 Å². The number of rotatable bonds is 11. The maximum Gasteiger partial charge on any atom is 0.184 e. The molecule has 0 amide bonds. The fourth-order valence-electron chi connectivity index (χ4n) is 19.9. The summed E-state index contributed by atoms with van der Waals surface area (Å²) in [5, 5.41) is 20.5. The molecule has 0 N–H and O–H groups in total. The average Bonchev–Trinajstić information content (AvgIpc) is 0.734. The van der Waals surface area contributed by atoms with Crippen molar-refractivity contribution in [1.29, 1.82) is 0 Å². The smallest absolute Gasteiger partial charge is 0.184 e. The molecule has 2 aliphatic rings. The molecular formula is C104H72N6Si2. The van der Waals surface area contributed by atoms with Crippen molar-refractivity contribution < 1.29 is 0 Å². The van der Waals surface area contributed by atoms with Crippen molar-refractivity contribution in [3.8, 4) is 22.7 Å². The van der Waals surface area contributed by atoms with E-state index in [-0.39, 0.29) is 0 Å². The van der Waals surface area contributed by atoms with Crippen LogP contribution >= 0.6 is 0 Å². The fourth-order valence-corrected chi connectivity index (χ4v) is 30.3. The van der Waals surface area contributed by atoms with Crippen molar-refractivity contribution >= 4 is 173 Å². The summed E-state index contributed by atoms with van der Waals surface area (Å²) in [7, 11) is -7.02. The fraction of sp³-hybridized carbons (Fsp3) is 0.0192. The van der Waals surface area contributed by atoms with Crippen LogP contribution in [0.15, 0.2) is 406 Å². The lowest BCUT2D eigenvalue weighted by molar-refractivity contribution is 0.977. The molecular weight excluding hydrogens is 1390 g/mol. The molecule has 0 bridgehead atoms. The van der Waals surface area contributed by atoms with Crippen LogP contribution in [0.2, 0.25) is 0 Å². The summed E-state index contributed by atoms with van der Waals surface area (Å²) in [5.74, 6) is 0. The molecule has 0 aliphatic carbocycles. The van der Waals surface area contributed by atoms with Crippen molar-refractivity contribution in [3.05, 3.63) is 418 Å². The van der Waals surface area contributed by atoms with Gasteiger partial charge in [0, 0.05) is 101 Å². The van der Waals surface area contributed by atoms with E-state index in [0.717, 1.165) is 28.4 Å². The number of fused-ring (bicyclic) bond motifs is 16. The molecule has 23 rings (SSSR count). The van der Waals surface area contributed by atoms with Gasteiger partial charge in [0.2, 0.25) is 0 Å². The Labute approximate surface area is 650 Å². The second-order valence-corrected chi connectivity index (χ2v) is 37.8. The van der Waals surface area contributed by atoms with Gasteiger partial charge < -0.3 is 28.1 Å². The minimum absolute atomic E-state index is 0.572. The molecule has 0 unspecified atom stereocenters. The van der Waals surface area contributed by atoms with E-state index in [4.69, 9.17) is 0 Å². The van der Waals surface area contributed by atoms with Crippen LogP contribution < -0.4 is 51.3 Å². The Balaban J connectivity index is 0.813. The first-order valence-electron chi connectivity index (χ1n) is 38.9. The number of nitrogens with zero attached hydrogens (tertiary/aromatic N) is 6. The van der Waals surface area contributed by atoms with Crippen LogP contribution in [-0.2, 0) is 6.54 Å². The maximum absolute atomic E-state index is 3.62. The molecule has 21 aromatic rings. The molecule has 526 valence electrons. The molecule has 0 saturated carbocycles. The molecule has 112 heavy (non-hydrogen) atoms. The van der Waals surface area contributed by atoms with Crippen LogP contribution in [0, 0.1) is 6.92 Å². The van der Waals surface area contributed by atoms with Crippen LogP contribution in [0.3, 0.4) is 0 Å². The van der Waals surface area contributed by atoms with E-state index in [9.17, 15) is 0 Å². The molecule has 0 saturated heterocycles. The summed E-state index contributed by atoms with van der Waals surface area (Å²) in [6, 6.07) is 155. The summed E-state index contributed by atoms with van der Waals surface area (Å²) in [4.78, 5) is 5.28. The zero-order valence-electron chi connectivity index (χ0n) is 61.6. The minimum atomic E-state index is -3.62. The monoisotopic (exact) mass is 1460 g/mol. The van der Waals surface area contributed by atoms with Crippen LogP contribution in [0.25, 0.3) is 110 Å². The van der Waals surface area contributed by atoms with Crippen LogP contribution in [0.4, 0.5) is 28.4 Å². The normalized spacial score (nSPS) is 13.5.